The molecule has 4 nitrogen and oxygen atoms in total. The van der Waals surface area contributed by atoms with Crippen LogP contribution in [0.3, 0.4) is 0 Å². The van der Waals surface area contributed by atoms with Crippen molar-refractivity contribution in [2.45, 2.75) is 13.7 Å². The third kappa shape index (κ3) is 3.86. The number of carboxylic acid groups (broad SMARTS) is 1. The van der Waals surface area contributed by atoms with Crippen molar-refractivity contribution in [1.29, 1.82) is 0 Å². The normalized spacial score (nSPS) is 12.8. The van der Waals surface area contributed by atoms with E-state index in [0.717, 1.165) is 21.2 Å². The number of carbonyl (C=O) groups is 1. The quantitative estimate of drug-likeness (QED) is 0.759. The maximum Gasteiger partial charge on any atom is 0.337 e. The standard InChI is InChI=1S/C16H22BrNO3S/c1-11-9-18(10-21-7-8-22(2,3)4)15-12(16(19)20)5-6-13(17)14(11)15/h5-6,9H,7-8,10H2,1-4H3,(H,19,20). The SMILES string of the molecule is Cc1cn(COCCS(C)(C)C)c2c(C(=O)O)ccc(Br)c12. The van der Waals surface area contributed by atoms with Crippen LogP contribution in [-0.2, 0) is 11.5 Å². The van der Waals surface area contributed by atoms with Crippen molar-refractivity contribution in [3.8, 4) is 0 Å². The maximum absolute atomic E-state index is 11.5. The fourth-order valence-corrected chi connectivity index (χ4v) is 3.60. The van der Waals surface area contributed by atoms with E-state index in [1.807, 2.05) is 17.7 Å². The predicted octanol–water partition coefficient (Wildman–Crippen LogP) is 4.08. The first-order chi connectivity index (χ1) is 10.2. The molecule has 1 aromatic carbocycles. The molecular weight excluding hydrogens is 366 g/mol. The molecule has 1 heterocycles. The molecule has 2 aromatic rings. The molecule has 0 saturated heterocycles. The molecular formula is C16H22BrNO3S. The number of aromatic carboxylic acids is 1. The van der Waals surface area contributed by atoms with Gasteiger partial charge in [-0.05, 0) is 43.4 Å². The van der Waals surface area contributed by atoms with Gasteiger partial charge in [-0.15, -0.1) is 0 Å². The third-order valence-electron chi connectivity index (χ3n) is 3.46. The van der Waals surface area contributed by atoms with Gasteiger partial charge in [0.05, 0.1) is 17.7 Å². The molecule has 6 heteroatoms. The van der Waals surface area contributed by atoms with Crippen molar-refractivity contribution in [2.24, 2.45) is 0 Å². The lowest BCUT2D eigenvalue weighted by Crippen LogP contribution is -2.10. The molecule has 0 aliphatic heterocycles. The first-order valence-electron chi connectivity index (χ1n) is 6.95. The van der Waals surface area contributed by atoms with E-state index in [2.05, 4.69) is 34.7 Å². The third-order valence-corrected chi connectivity index (χ3v) is 5.51. The van der Waals surface area contributed by atoms with Crippen molar-refractivity contribution < 1.29 is 14.6 Å². The van der Waals surface area contributed by atoms with E-state index in [4.69, 9.17) is 4.74 Å². The lowest BCUT2D eigenvalue weighted by molar-refractivity contribution is 0.0696. The zero-order valence-electron chi connectivity index (χ0n) is 13.4. The average Bonchev–Trinajstić information content (AvgIpc) is 2.72. The van der Waals surface area contributed by atoms with Crippen LogP contribution in [0.2, 0.25) is 0 Å². The van der Waals surface area contributed by atoms with Gasteiger partial charge in [-0.1, -0.05) is 15.9 Å². The number of hydrogen-bond acceptors (Lipinski definition) is 2. The van der Waals surface area contributed by atoms with Crippen LogP contribution in [0.25, 0.3) is 10.9 Å². The molecule has 0 amide bonds. The number of fused-ring (bicyclic) bond motifs is 1. The highest BCUT2D eigenvalue weighted by Crippen LogP contribution is 2.34. The summed E-state index contributed by atoms with van der Waals surface area (Å²) < 4.78 is 8.56. The van der Waals surface area contributed by atoms with Crippen LogP contribution in [0.5, 0.6) is 0 Å². The number of carboxylic acids is 1. The van der Waals surface area contributed by atoms with Gasteiger partial charge in [0, 0.05) is 21.8 Å². The van der Waals surface area contributed by atoms with E-state index in [1.165, 1.54) is 0 Å². The Morgan fingerprint density at radius 3 is 2.64 bits per heavy atom. The second-order valence-corrected chi connectivity index (χ2v) is 11.7. The van der Waals surface area contributed by atoms with Crippen molar-refractivity contribution in [3.05, 3.63) is 33.9 Å². The molecule has 0 spiro atoms. The maximum atomic E-state index is 11.5. The van der Waals surface area contributed by atoms with Gasteiger partial charge in [-0.3, -0.25) is 0 Å². The van der Waals surface area contributed by atoms with Gasteiger partial charge in [0.1, 0.15) is 6.73 Å². The molecule has 122 valence electrons. The highest BCUT2D eigenvalue weighted by Gasteiger charge is 2.17. The van der Waals surface area contributed by atoms with Gasteiger partial charge in [-0.2, -0.15) is 0 Å². The number of aromatic nitrogens is 1. The summed E-state index contributed by atoms with van der Waals surface area (Å²) in [6, 6.07) is 3.41. The lowest BCUT2D eigenvalue weighted by Gasteiger charge is -2.24. The summed E-state index contributed by atoms with van der Waals surface area (Å²) in [5.74, 6) is 0.122. The minimum absolute atomic E-state index is 0.302. The van der Waals surface area contributed by atoms with E-state index < -0.39 is 16.0 Å². The molecule has 2 rings (SSSR count). The fourth-order valence-electron chi connectivity index (χ4n) is 2.35. The number of benzene rings is 1. The summed E-state index contributed by atoms with van der Waals surface area (Å²) in [6.45, 7) is 3.04. The van der Waals surface area contributed by atoms with Crippen LogP contribution >= 0.6 is 26.0 Å². The summed E-state index contributed by atoms with van der Waals surface area (Å²) in [4.78, 5) is 11.5. The topological polar surface area (TPSA) is 51.5 Å². The van der Waals surface area contributed by atoms with Crippen LogP contribution in [0, 0.1) is 6.92 Å². The van der Waals surface area contributed by atoms with E-state index in [0.29, 0.717) is 24.4 Å². The molecule has 0 atom stereocenters. The second kappa shape index (κ2) is 6.64. The Balaban J connectivity index is 2.30. The Labute approximate surface area is 140 Å². The van der Waals surface area contributed by atoms with Gasteiger partial charge in [0.15, 0.2) is 0 Å². The Morgan fingerprint density at radius 2 is 2.05 bits per heavy atom. The minimum Gasteiger partial charge on any atom is -0.478 e. The molecule has 1 aromatic heterocycles. The summed E-state index contributed by atoms with van der Waals surface area (Å²) in [6.07, 6.45) is 8.72. The van der Waals surface area contributed by atoms with Gasteiger partial charge < -0.3 is 14.4 Å². The molecule has 0 radical (unpaired) electrons. The number of rotatable bonds is 6. The highest BCUT2D eigenvalue weighted by atomic mass is 79.9. The summed E-state index contributed by atoms with van der Waals surface area (Å²) in [5.41, 5.74) is 2.05. The largest absolute Gasteiger partial charge is 0.478 e. The molecule has 0 fully saturated rings. The first kappa shape index (κ1) is 17.4. The zero-order chi connectivity index (χ0) is 16.5. The van der Waals surface area contributed by atoms with Crippen LogP contribution in [0.4, 0.5) is 0 Å². The monoisotopic (exact) mass is 387 g/mol. The van der Waals surface area contributed by atoms with Crippen LogP contribution in [0.15, 0.2) is 22.8 Å². The molecule has 22 heavy (non-hydrogen) atoms. The van der Waals surface area contributed by atoms with Crippen LogP contribution in [-0.4, -0.2) is 46.8 Å². The Morgan fingerprint density at radius 1 is 1.36 bits per heavy atom. The number of hydrogen-bond donors (Lipinski definition) is 1. The van der Waals surface area contributed by atoms with Crippen LogP contribution < -0.4 is 0 Å². The van der Waals surface area contributed by atoms with E-state index in [9.17, 15) is 9.90 Å². The zero-order valence-corrected chi connectivity index (χ0v) is 15.8. The van der Waals surface area contributed by atoms with Crippen molar-refractivity contribution >= 4 is 42.8 Å². The number of aryl methyl sites for hydroxylation is 1. The number of halogens is 1. The lowest BCUT2D eigenvalue weighted by atomic mass is 10.1. The minimum atomic E-state index is -0.920. The van der Waals surface area contributed by atoms with Crippen molar-refractivity contribution in [3.63, 3.8) is 0 Å². The van der Waals surface area contributed by atoms with Gasteiger partial charge in [0.25, 0.3) is 0 Å². The predicted molar refractivity (Wildman–Crippen MR) is 97.5 cm³/mol. The second-order valence-electron chi connectivity index (χ2n) is 6.24. The molecule has 1 N–H and O–H groups in total. The molecule has 0 saturated carbocycles. The van der Waals surface area contributed by atoms with Crippen LogP contribution in [0.1, 0.15) is 15.9 Å². The van der Waals surface area contributed by atoms with E-state index in [-0.39, 0.29) is 0 Å². The molecule has 0 aliphatic carbocycles. The highest BCUT2D eigenvalue weighted by molar-refractivity contribution is 9.10. The van der Waals surface area contributed by atoms with Gasteiger partial charge in [-0.25, -0.2) is 14.8 Å². The molecule has 0 aliphatic rings. The summed E-state index contributed by atoms with van der Waals surface area (Å²) in [5, 5.41) is 10.4. The Hall–Kier alpha value is -0.980. The number of ether oxygens (including phenoxy) is 1. The smallest absolute Gasteiger partial charge is 0.337 e. The average molecular weight is 388 g/mol. The van der Waals surface area contributed by atoms with E-state index >= 15 is 0 Å². The Kier molecular flexibility index (Phi) is 5.25. The van der Waals surface area contributed by atoms with Gasteiger partial charge >= 0.3 is 5.97 Å². The summed E-state index contributed by atoms with van der Waals surface area (Å²) in [7, 11) is -0.580. The van der Waals surface area contributed by atoms with Crippen molar-refractivity contribution in [1.82, 2.24) is 4.57 Å². The number of nitrogens with zero attached hydrogens (tertiary/aromatic N) is 1. The Bertz CT molecular complexity index is 703. The fraction of sp³-hybridized carbons (Fsp3) is 0.438. The summed E-state index contributed by atoms with van der Waals surface area (Å²) >= 11 is 3.51. The first-order valence-corrected chi connectivity index (χ1v) is 10.8. The van der Waals surface area contributed by atoms with E-state index in [1.54, 1.807) is 12.1 Å². The van der Waals surface area contributed by atoms with Crippen molar-refractivity contribution in [2.75, 3.05) is 31.1 Å². The molecule has 0 unspecified atom stereocenters. The van der Waals surface area contributed by atoms with Gasteiger partial charge in [0.2, 0.25) is 0 Å². The molecule has 0 bridgehead atoms.